The highest BCUT2D eigenvalue weighted by Crippen LogP contribution is 2.34. The molecule has 0 aliphatic carbocycles. The van der Waals surface area contributed by atoms with E-state index < -0.39 is 0 Å². The second-order valence-electron chi connectivity index (χ2n) is 4.38. The van der Waals surface area contributed by atoms with Crippen molar-refractivity contribution in [3.8, 4) is 11.5 Å². The second kappa shape index (κ2) is 7.26. The molecular weight excluding hydrogens is 338 g/mol. The molecule has 7 nitrogen and oxygen atoms in total. The Bertz CT molecular complexity index is 602. The summed E-state index contributed by atoms with van der Waals surface area (Å²) in [5.74, 6) is 2.01. The van der Waals surface area contributed by atoms with Gasteiger partial charge in [0.25, 0.3) is 0 Å². The first-order valence-electron chi connectivity index (χ1n) is 6.60. The maximum atomic E-state index is 5.43. The van der Waals surface area contributed by atoms with Crippen LogP contribution in [0, 0.1) is 0 Å². The molecule has 1 N–H and O–H groups in total. The zero-order valence-electron chi connectivity index (χ0n) is 12.3. The van der Waals surface area contributed by atoms with Gasteiger partial charge in [-0.2, -0.15) is 0 Å². The highest BCUT2D eigenvalue weighted by Gasteiger charge is 2.13. The van der Waals surface area contributed by atoms with E-state index in [1.165, 1.54) is 0 Å². The molecule has 8 heteroatoms. The standard InChI is InChI=1S/C13H18BrN5O2/c1-4-5-19-13(16-17-18-19)15-8-9-6-10(14)7-11(20-2)12(9)21-3/h6-7H,4-5,8H2,1-3H3,(H,15,16,18). The number of nitrogens with one attached hydrogen (secondary N) is 1. The number of tetrazole rings is 1. The molecule has 114 valence electrons. The van der Waals surface area contributed by atoms with Gasteiger partial charge in [-0.05, 0) is 29.0 Å². The number of rotatable bonds is 7. The number of hydrogen-bond acceptors (Lipinski definition) is 6. The summed E-state index contributed by atoms with van der Waals surface area (Å²) in [4.78, 5) is 0. The molecule has 0 fully saturated rings. The van der Waals surface area contributed by atoms with Gasteiger partial charge in [0.2, 0.25) is 5.95 Å². The second-order valence-corrected chi connectivity index (χ2v) is 5.30. The molecule has 0 atom stereocenters. The van der Waals surface area contributed by atoms with Crippen LogP contribution in [0.1, 0.15) is 18.9 Å². The molecule has 0 saturated carbocycles. The summed E-state index contributed by atoms with van der Waals surface area (Å²) in [6.45, 7) is 3.38. The molecule has 1 aromatic heterocycles. The van der Waals surface area contributed by atoms with Crippen LogP contribution in [0.4, 0.5) is 5.95 Å². The highest BCUT2D eigenvalue weighted by molar-refractivity contribution is 9.10. The van der Waals surface area contributed by atoms with Gasteiger partial charge >= 0.3 is 0 Å². The number of hydrogen-bond donors (Lipinski definition) is 1. The van der Waals surface area contributed by atoms with E-state index in [1.807, 2.05) is 12.1 Å². The Morgan fingerprint density at radius 2 is 2.10 bits per heavy atom. The molecule has 0 aliphatic heterocycles. The number of anilines is 1. The van der Waals surface area contributed by atoms with Crippen LogP contribution in [0.2, 0.25) is 0 Å². The number of halogens is 1. The van der Waals surface area contributed by atoms with Crippen LogP contribution in [-0.2, 0) is 13.1 Å². The van der Waals surface area contributed by atoms with E-state index in [2.05, 4.69) is 43.7 Å². The Morgan fingerprint density at radius 3 is 2.76 bits per heavy atom. The average molecular weight is 356 g/mol. The Hall–Kier alpha value is -1.83. The minimum Gasteiger partial charge on any atom is -0.493 e. The number of nitrogens with zero attached hydrogens (tertiary/aromatic N) is 4. The van der Waals surface area contributed by atoms with Crippen LogP contribution >= 0.6 is 15.9 Å². The molecule has 0 radical (unpaired) electrons. The van der Waals surface area contributed by atoms with E-state index in [1.54, 1.807) is 18.9 Å². The predicted molar refractivity (Wildman–Crippen MR) is 82.7 cm³/mol. The van der Waals surface area contributed by atoms with Crippen molar-refractivity contribution in [2.45, 2.75) is 26.4 Å². The van der Waals surface area contributed by atoms with Gasteiger partial charge in [-0.3, -0.25) is 0 Å². The van der Waals surface area contributed by atoms with Gasteiger partial charge in [0.1, 0.15) is 0 Å². The monoisotopic (exact) mass is 355 g/mol. The van der Waals surface area contributed by atoms with Crippen molar-refractivity contribution in [2.24, 2.45) is 0 Å². The van der Waals surface area contributed by atoms with Gasteiger partial charge in [-0.15, -0.1) is 0 Å². The van der Waals surface area contributed by atoms with Crippen molar-refractivity contribution in [2.75, 3.05) is 19.5 Å². The zero-order chi connectivity index (χ0) is 15.2. The first-order valence-corrected chi connectivity index (χ1v) is 7.39. The highest BCUT2D eigenvalue weighted by atomic mass is 79.9. The molecule has 2 aromatic rings. The molecular formula is C13H18BrN5O2. The Morgan fingerprint density at radius 1 is 1.29 bits per heavy atom. The SMILES string of the molecule is CCCn1nnnc1NCc1cc(Br)cc(OC)c1OC. The maximum Gasteiger partial charge on any atom is 0.243 e. The number of methoxy groups -OCH3 is 2. The lowest BCUT2D eigenvalue weighted by Gasteiger charge is -2.14. The van der Waals surface area contributed by atoms with E-state index in [0.717, 1.165) is 23.0 Å². The third kappa shape index (κ3) is 3.63. The molecule has 0 saturated heterocycles. The van der Waals surface area contributed by atoms with Gasteiger partial charge in [0, 0.05) is 23.1 Å². The Balaban J connectivity index is 2.19. The van der Waals surface area contributed by atoms with Gasteiger partial charge in [0.05, 0.1) is 14.2 Å². The van der Waals surface area contributed by atoms with E-state index >= 15 is 0 Å². The van der Waals surface area contributed by atoms with Gasteiger partial charge < -0.3 is 14.8 Å². The van der Waals surface area contributed by atoms with Crippen LogP contribution in [-0.4, -0.2) is 34.4 Å². The first-order chi connectivity index (χ1) is 10.2. The number of aromatic nitrogens is 4. The number of aryl methyl sites for hydroxylation is 1. The fourth-order valence-corrected chi connectivity index (χ4v) is 2.49. The lowest BCUT2D eigenvalue weighted by Crippen LogP contribution is -2.09. The summed E-state index contributed by atoms with van der Waals surface area (Å²) in [7, 11) is 3.24. The molecule has 0 amide bonds. The fourth-order valence-electron chi connectivity index (χ4n) is 2.01. The predicted octanol–water partition coefficient (Wildman–Crippen LogP) is 2.47. The quantitative estimate of drug-likeness (QED) is 0.822. The fraction of sp³-hybridized carbons (Fsp3) is 0.462. The lowest BCUT2D eigenvalue weighted by molar-refractivity contribution is 0.352. The van der Waals surface area contributed by atoms with Gasteiger partial charge in [0.15, 0.2) is 11.5 Å². The summed E-state index contributed by atoms with van der Waals surface area (Å²) in [5, 5.41) is 14.8. The minimum absolute atomic E-state index is 0.531. The minimum atomic E-state index is 0.531. The molecule has 0 spiro atoms. The van der Waals surface area contributed by atoms with Gasteiger partial charge in [-0.25, -0.2) is 4.68 Å². The first kappa shape index (κ1) is 15.6. The van der Waals surface area contributed by atoms with Crippen LogP contribution in [0.3, 0.4) is 0 Å². The van der Waals surface area contributed by atoms with Crippen molar-refractivity contribution < 1.29 is 9.47 Å². The topological polar surface area (TPSA) is 74.1 Å². The third-order valence-corrected chi connectivity index (χ3v) is 3.38. The zero-order valence-corrected chi connectivity index (χ0v) is 13.8. The van der Waals surface area contributed by atoms with Crippen molar-refractivity contribution in [1.82, 2.24) is 20.2 Å². The summed E-state index contributed by atoms with van der Waals surface area (Å²) in [6.07, 6.45) is 0.966. The largest absolute Gasteiger partial charge is 0.493 e. The molecule has 0 bridgehead atoms. The molecule has 0 unspecified atom stereocenters. The molecule has 1 aromatic carbocycles. The molecule has 0 aliphatic rings. The smallest absolute Gasteiger partial charge is 0.243 e. The maximum absolute atomic E-state index is 5.43. The number of benzene rings is 1. The van der Waals surface area contributed by atoms with E-state index in [4.69, 9.17) is 9.47 Å². The van der Waals surface area contributed by atoms with Crippen LogP contribution in [0.15, 0.2) is 16.6 Å². The van der Waals surface area contributed by atoms with Crippen LogP contribution < -0.4 is 14.8 Å². The molecule has 21 heavy (non-hydrogen) atoms. The normalized spacial score (nSPS) is 10.5. The van der Waals surface area contributed by atoms with Crippen molar-refractivity contribution in [3.63, 3.8) is 0 Å². The molecule has 2 rings (SSSR count). The van der Waals surface area contributed by atoms with Crippen molar-refractivity contribution >= 4 is 21.9 Å². The third-order valence-electron chi connectivity index (χ3n) is 2.92. The van der Waals surface area contributed by atoms with Crippen LogP contribution in [0.25, 0.3) is 0 Å². The summed E-state index contributed by atoms with van der Waals surface area (Å²) >= 11 is 3.47. The van der Waals surface area contributed by atoms with Crippen LogP contribution in [0.5, 0.6) is 11.5 Å². The Labute approximate surface area is 131 Å². The van der Waals surface area contributed by atoms with E-state index in [0.29, 0.717) is 24.0 Å². The number of ether oxygens (including phenoxy) is 2. The summed E-state index contributed by atoms with van der Waals surface area (Å²) < 4.78 is 13.4. The average Bonchev–Trinajstić information content (AvgIpc) is 2.92. The van der Waals surface area contributed by atoms with Crippen molar-refractivity contribution in [3.05, 3.63) is 22.2 Å². The van der Waals surface area contributed by atoms with E-state index in [9.17, 15) is 0 Å². The Kier molecular flexibility index (Phi) is 5.38. The summed E-state index contributed by atoms with van der Waals surface area (Å²) in [5.41, 5.74) is 0.953. The molecule has 1 heterocycles. The van der Waals surface area contributed by atoms with Crippen molar-refractivity contribution in [1.29, 1.82) is 0 Å². The summed E-state index contributed by atoms with van der Waals surface area (Å²) in [6, 6.07) is 3.84. The van der Waals surface area contributed by atoms with Gasteiger partial charge in [-0.1, -0.05) is 28.0 Å². The van der Waals surface area contributed by atoms with E-state index in [-0.39, 0.29) is 0 Å². The lowest BCUT2D eigenvalue weighted by atomic mass is 10.2.